The van der Waals surface area contributed by atoms with Gasteiger partial charge in [0.2, 0.25) is 0 Å². The first-order valence-corrected chi connectivity index (χ1v) is 6.89. The first-order valence-electron chi connectivity index (χ1n) is 6.89. The minimum Gasteiger partial charge on any atom is -0.396 e. The van der Waals surface area contributed by atoms with Gasteiger partial charge in [0.05, 0.1) is 11.9 Å². The summed E-state index contributed by atoms with van der Waals surface area (Å²) < 4.78 is 0. The normalized spacial score (nSPS) is 16.3. The third-order valence-electron chi connectivity index (χ3n) is 3.94. The SMILES string of the molecule is Nc1cn[nH]c1C(=O)N1CCC(c2ccccc2)CC1. The molecular weight excluding hydrogens is 252 g/mol. The summed E-state index contributed by atoms with van der Waals surface area (Å²) in [5, 5.41) is 6.48. The van der Waals surface area contributed by atoms with Crippen molar-refractivity contribution in [1.29, 1.82) is 0 Å². The number of nitrogen functional groups attached to an aromatic ring is 1. The number of amides is 1. The van der Waals surface area contributed by atoms with Crippen molar-refractivity contribution >= 4 is 11.6 Å². The summed E-state index contributed by atoms with van der Waals surface area (Å²) in [5.74, 6) is 0.492. The number of carbonyl (C=O) groups is 1. The molecule has 0 unspecified atom stereocenters. The van der Waals surface area contributed by atoms with Gasteiger partial charge in [0.1, 0.15) is 5.69 Å². The van der Waals surface area contributed by atoms with Crippen LogP contribution in [-0.2, 0) is 0 Å². The summed E-state index contributed by atoms with van der Waals surface area (Å²) in [7, 11) is 0. The lowest BCUT2D eigenvalue weighted by molar-refractivity contribution is 0.0708. The van der Waals surface area contributed by atoms with Gasteiger partial charge in [-0.2, -0.15) is 5.10 Å². The molecule has 0 spiro atoms. The smallest absolute Gasteiger partial charge is 0.274 e. The lowest BCUT2D eigenvalue weighted by Crippen LogP contribution is -2.38. The largest absolute Gasteiger partial charge is 0.396 e. The molecule has 3 N–H and O–H groups in total. The van der Waals surface area contributed by atoms with Crippen molar-refractivity contribution in [2.75, 3.05) is 18.8 Å². The van der Waals surface area contributed by atoms with E-state index in [1.54, 1.807) is 0 Å². The predicted octanol–water partition coefficient (Wildman–Crippen LogP) is 2.01. The minimum atomic E-state index is -0.0495. The monoisotopic (exact) mass is 270 g/mol. The number of aromatic amines is 1. The average Bonchev–Trinajstić information content (AvgIpc) is 2.94. The van der Waals surface area contributed by atoms with Gasteiger partial charge in [-0.15, -0.1) is 0 Å². The highest BCUT2D eigenvalue weighted by atomic mass is 16.2. The number of benzene rings is 1. The number of nitrogens with two attached hydrogens (primary N) is 1. The number of rotatable bonds is 2. The van der Waals surface area contributed by atoms with Gasteiger partial charge >= 0.3 is 0 Å². The van der Waals surface area contributed by atoms with E-state index in [1.165, 1.54) is 11.8 Å². The Morgan fingerprint density at radius 2 is 1.95 bits per heavy atom. The Balaban J connectivity index is 1.64. The lowest BCUT2D eigenvalue weighted by atomic mass is 9.89. The van der Waals surface area contributed by atoms with Crippen LogP contribution < -0.4 is 5.73 Å². The van der Waals surface area contributed by atoms with Gasteiger partial charge in [-0.1, -0.05) is 30.3 Å². The van der Waals surface area contributed by atoms with Crippen molar-refractivity contribution in [2.45, 2.75) is 18.8 Å². The Bertz CT molecular complexity index is 585. The van der Waals surface area contributed by atoms with Gasteiger partial charge in [-0.25, -0.2) is 0 Å². The van der Waals surface area contributed by atoms with E-state index in [1.807, 2.05) is 11.0 Å². The summed E-state index contributed by atoms with van der Waals surface area (Å²) in [6, 6.07) is 10.5. The third-order valence-corrected chi connectivity index (χ3v) is 3.94. The Morgan fingerprint density at radius 3 is 2.55 bits per heavy atom. The van der Waals surface area contributed by atoms with Gasteiger partial charge in [0.25, 0.3) is 5.91 Å². The number of H-pyrrole nitrogens is 1. The molecular formula is C15H18N4O. The van der Waals surface area contributed by atoms with E-state index in [-0.39, 0.29) is 5.91 Å². The maximum Gasteiger partial charge on any atom is 0.274 e. The van der Waals surface area contributed by atoms with Gasteiger partial charge in [-0.05, 0) is 24.3 Å². The summed E-state index contributed by atoms with van der Waals surface area (Å²) in [4.78, 5) is 14.2. The molecule has 0 saturated carbocycles. The fraction of sp³-hybridized carbons (Fsp3) is 0.333. The minimum absolute atomic E-state index is 0.0495. The Labute approximate surface area is 117 Å². The number of hydrogen-bond acceptors (Lipinski definition) is 3. The van der Waals surface area contributed by atoms with Crippen LogP contribution in [0.3, 0.4) is 0 Å². The summed E-state index contributed by atoms with van der Waals surface area (Å²) in [6.07, 6.45) is 3.46. The van der Waals surface area contributed by atoms with E-state index in [0.29, 0.717) is 17.3 Å². The molecule has 2 heterocycles. The molecule has 1 aromatic carbocycles. The number of hydrogen-bond donors (Lipinski definition) is 2. The molecule has 1 saturated heterocycles. The van der Waals surface area contributed by atoms with Crippen molar-refractivity contribution in [3.8, 4) is 0 Å². The highest BCUT2D eigenvalue weighted by molar-refractivity contribution is 5.97. The van der Waals surface area contributed by atoms with Crippen molar-refractivity contribution in [3.63, 3.8) is 0 Å². The number of nitrogens with zero attached hydrogens (tertiary/aromatic N) is 2. The molecule has 1 aliphatic heterocycles. The molecule has 2 aromatic rings. The highest BCUT2D eigenvalue weighted by Crippen LogP contribution is 2.28. The molecule has 0 radical (unpaired) electrons. The first-order chi connectivity index (χ1) is 9.75. The number of carbonyl (C=O) groups excluding carboxylic acids is 1. The van der Waals surface area contributed by atoms with Crippen molar-refractivity contribution in [3.05, 3.63) is 47.8 Å². The van der Waals surface area contributed by atoms with Crippen molar-refractivity contribution in [2.24, 2.45) is 0 Å². The number of likely N-dealkylation sites (tertiary alicyclic amines) is 1. The topological polar surface area (TPSA) is 75.0 Å². The summed E-state index contributed by atoms with van der Waals surface area (Å²) >= 11 is 0. The Kier molecular flexibility index (Phi) is 3.41. The zero-order chi connectivity index (χ0) is 13.9. The standard InChI is InChI=1S/C15H18N4O/c16-13-10-17-18-14(13)15(20)19-8-6-12(7-9-19)11-4-2-1-3-5-11/h1-5,10,12H,6-9,16H2,(H,17,18). The number of piperidine rings is 1. The van der Waals surface area contributed by atoms with Gasteiger partial charge in [0.15, 0.2) is 0 Å². The second kappa shape index (κ2) is 5.36. The van der Waals surface area contributed by atoms with E-state index in [4.69, 9.17) is 5.73 Å². The second-order valence-corrected chi connectivity index (χ2v) is 5.18. The van der Waals surface area contributed by atoms with Gasteiger partial charge in [-0.3, -0.25) is 9.89 Å². The second-order valence-electron chi connectivity index (χ2n) is 5.18. The van der Waals surface area contributed by atoms with Crippen LogP contribution in [0.2, 0.25) is 0 Å². The van der Waals surface area contributed by atoms with Crippen LogP contribution in [0.1, 0.15) is 34.8 Å². The third kappa shape index (κ3) is 2.39. The number of nitrogens with one attached hydrogen (secondary N) is 1. The molecule has 1 fully saturated rings. The van der Waals surface area contributed by atoms with Crippen LogP contribution in [0.5, 0.6) is 0 Å². The zero-order valence-corrected chi connectivity index (χ0v) is 11.2. The average molecular weight is 270 g/mol. The van der Waals surface area contributed by atoms with Crippen LogP contribution in [0.15, 0.2) is 36.5 Å². The zero-order valence-electron chi connectivity index (χ0n) is 11.2. The molecule has 3 rings (SSSR count). The fourth-order valence-electron chi connectivity index (χ4n) is 2.77. The quantitative estimate of drug-likeness (QED) is 0.876. The molecule has 1 aromatic heterocycles. The molecule has 104 valence electrons. The molecule has 1 amide bonds. The molecule has 5 nitrogen and oxygen atoms in total. The summed E-state index contributed by atoms with van der Waals surface area (Å²) in [5.41, 5.74) is 7.91. The molecule has 1 aliphatic rings. The van der Waals surface area contributed by atoms with E-state index in [9.17, 15) is 4.79 Å². The van der Waals surface area contributed by atoms with Crippen LogP contribution in [-0.4, -0.2) is 34.1 Å². The lowest BCUT2D eigenvalue weighted by Gasteiger charge is -2.32. The molecule has 20 heavy (non-hydrogen) atoms. The maximum absolute atomic E-state index is 12.3. The van der Waals surface area contributed by atoms with E-state index < -0.39 is 0 Å². The van der Waals surface area contributed by atoms with E-state index in [0.717, 1.165) is 25.9 Å². The molecule has 0 atom stereocenters. The van der Waals surface area contributed by atoms with Gasteiger partial charge in [0, 0.05) is 13.1 Å². The number of aromatic nitrogens is 2. The number of anilines is 1. The Morgan fingerprint density at radius 1 is 1.25 bits per heavy atom. The molecule has 0 bridgehead atoms. The highest BCUT2D eigenvalue weighted by Gasteiger charge is 2.26. The van der Waals surface area contributed by atoms with Crippen LogP contribution in [0.25, 0.3) is 0 Å². The Hall–Kier alpha value is -2.30. The van der Waals surface area contributed by atoms with E-state index >= 15 is 0 Å². The van der Waals surface area contributed by atoms with Crippen LogP contribution >= 0.6 is 0 Å². The van der Waals surface area contributed by atoms with Crippen LogP contribution in [0, 0.1) is 0 Å². The summed E-state index contributed by atoms with van der Waals surface area (Å²) in [6.45, 7) is 1.52. The van der Waals surface area contributed by atoms with E-state index in [2.05, 4.69) is 34.5 Å². The first kappa shape index (κ1) is 12.7. The predicted molar refractivity (Wildman–Crippen MR) is 77.3 cm³/mol. The molecule has 5 heteroatoms. The van der Waals surface area contributed by atoms with Crippen molar-refractivity contribution in [1.82, 2.24) is 15.1 Å². The molecule has 0 aliphatic carbocycles. The van der Waals surface area contributed by atoms with Crippen LogP contribution in [0.4, 0.5) is 5.69 Å². The fourth-order valence-corrected chi connectivity index (χ4v) is 2.77. The van der Waals surface area contributed by atoms with Gasteiger partial charge < -0.3 is 10.6 Å². The van der Waals surface area contributed by atoms with Crippen molar-refractivity contribution < 1.29 is 4.79 Å². The maximum atomic E-state index is 12.3.